The first-order chi connectivity index (χ1) is 12.8. The van der Waals surface area contributed by atoms with Crippen LogP contribution in [0.4, 0.5) is 10.8 Å². The summed E-state index contributed by atoms with van der Waals surface area (Å²) in [5, 5.41) is 8.14. The number of benzene rings is 1. The molecule has 2 heterocycles. The summed E-state index contributed by atoms with van der Waals surface area (Å²) >= 11 is 1.34. The molecule has 0 fully saturated rings. The minimum atomic E-state index is -0.105. The molecule has 0 saturated heterocycles. The van der Waals surface area contributed by atoms with Gasteiger partial charge in [0.1, 0.15) is 0 Å². The van der Waals surface area contributed by atoms with Crippen LogP contribution in [-0.2, 0) is 29.1 Å². The molecule has 0 bridgehead atoms. The molecular weight excluding hydrogens is 360 g/mol. The van der Waals surface area contributed by atoms with Gasteiger partial charge in [0.25, 0.3) is 0 Å². The number of aromatic nitrogens is 1. The van der Waals surface area contributed by atoms with E-state index in [2.05, 4.69) is 40.4 Å². The average molecular weight is 387 g/mol. The maximum absolute atomic E-state index is 12.5. The van der Waals surface area contributed by atoms with Gasteiger partial charge in [-0.25, -0.2) is 4.98 Å². The Morgan fingerprint density at radius 2 is 1.96 bits per heavy atom. The van der Waals surface area contributed by atoms with E-state index < -0.39 is 0 Å². The number of nitrogens with one attached hydrogen (secondary N) is 2. The minimum absolute atomic E-state index is 0.0742. The zero-order valence-electron chi connectivity index (χ0n) is 16.2. The Hall–Kier alpha value is -2.25. The molecule has 1 aromatic carbocycles. The molecule has 0 saturated carbocycles. The lowest BCUT2D eigenvalue weighted by atomic mass is 10.1. The fourth-order valence-electron chi connectivity index (χ4n) is 2.98. The highest BCUT2D eigenvalue weighted by molar-refractivity contribution is 7.13. The van der Waals surface area contributed by atoms with Crippen molar-refractivity contribution in [3.8, 4) is 0 Å². The molecule has 0 radical (unpaired) electrons. The van der Waals surface area contributed by atoms with Crippen molar-refractivity contribution in [1.29, 1.82) is 0 Å². The molecule has 1 aliphatic rings. The van der Waals surface area contributed by atoms with Crippen LogP contribution in [0.1, 0.15) is 44.5 Å². The van der Waals surface area contributed by atoms with Crippen LogP contribution in [0, 0.1) is 5.92 Å². The van der Waals surface area contributed by atoms with E-state index in [1.807, 2.05) is 31.4 Å². The van der Waals surface area contributed by atoms with Crippen molar-refractivity contribution in [2.45, 2.75) is 53.2 Å². The minimum Gasteiger partial charge on any atom is -0.325 e. The molecule has 2 N–H and O–H groups in total. The van der Waals surface area contributed by atoms with Crippen LogP contribution in [0.5, 0.6) is 0 Å². The second-order valence-electron chi connectivity index (χ2n) is 7.45. The Labute approximate surface area is 164 Å². The Bertz CT molecular complexity index is 844. The first kappa shape index (κ1) is 19.5. The van der Waals surface area contributed by atoms with Crippen LogP contribution < -0.4 is 10.6 Å². The molecule has 2 amide bonds. The fraction of sp³-hybridized carbons (Fsp3) is 0.450. The molecule has 0 atom stereocenters. The van der Waals surface area contributed by atoms with Crippen LogP contribution in [0.15, 0.2) is 23.6 Å². The maximum Gasteiger partial charge on any atom is 0.230 e. The summed E-state index contributed by atoms with van der Waals surface area (Å²) < 4.78 is 0. The first-order valence-corrected chi connectivity index (χ1v) is 10.1. The van der Waals surface area contributed by atoms with Crippen LogP contribution in [0.3, 0.4) is 0 Å². The third-order valence-corrected chi connectivity index (χ3v) is 5.47. The van der Waals surface area contributed by atoms with Gasteiger partial charge in [0.2, 0.25) is 11.8 Å². The Morgan fingerprint density at radius 3 is 2.67 bits per heavy atom. The Kier molecular flexibility index (Phi) is 5.92. The van der Waals surface area contributed by atoms with E-state index in [-0.39, 0.29) is 24.2 Å². The zero-order chi connectivity index (χ0) is 19.6. The van der Waals surface area contributed by atoms with E-state index in [4.69, 9.17) is 0 Å². The van der Waals surface area contributed by atoms with Gasteiger partial charge in [0, 0.05) is 36.1 Å². The molecule has 0 aliphatic carbocycles. The topological polar surface area (TPSA) is 74.3 Å². The first-order valence-electron chi connectivity index (χ1n) is 9.23. The molecule has 1 aliphatic heterocycles. The number of hydrogen-bond acceptors (Lipinski definition) is 5. The average Bonchev–Trinajstić information content (AvgIpc) is 3.22. The molecule has 1 aromatic heterocycles. The molecule has 2 aromatic rings. The number of amides is 2. The second kappa shape index (κ2) is 8.19. The lowest BCUT2D eigenvalue weighted by Gasteiger charge is -2.19. The predicted octanol–water partition coefficient (Wildman–Crippen LogP) is 3.64. The summed E-state index contributed by atoms with van der Waals surface area (Å²) in [5.41, 5.74) is 4.01. The van der Waals surface area contributed by atoms with Gasteiger partial charge in [-0.15, -0.1) is 11.3 Å². The molecular formula is C20H26N4O2S. The highest BCUT2D eigenvalue weighted by Gasteiger charge is 2.24. The van der Waals surface area contributed by atoms with Gasteiger partial charge in [0.15, 0.2) is 5.13 Å². The van der Waals surface area contributed by atoms with E-state index in [1.165, 1.54) is 22.5 Å². The van der Waals surface area contributed by atoms with Gasteiger partial charge in [-0.3, -0.25) is 14.5 Å². The van der Waals surface area contributed by atoms with Crippen molar-refractivity contribution < 1.29 is 9.59 Å². The van der Waals surface area contributed by atoms with E-state index >= 15 is 0 Å². The van der Waals surface area contributed by atoms with Crippen molar-refractivity contribution in [2.24, 2.45) is 5.92 Å². The van der Waals surface area contributed by atoms with Gasteiger partial charge in [-0.2, -0.15) is 0 Å². The van der Waals surface area contributed by atoms with E-state index in [0.29, 0.717) is 16.9 Å². The standard InChI is InChI=1S/C20H26N4O2S/c1-12(2)19(26)23-20-21-15(11-27-20)8-18(25)22-17-7-5-6-14-9-24(13(3)4)10-16(14)17/h5-7,11-13H,8-10H2,1-4H3,(H,22,25)(H,21,23,26). The number of thiazole rings is 1. The fourth-order valence-corrected chi connectivity index (χ4v) is 3.70. The number of fused-ring (bicyclic) bond motifs is 1. The second-order valence-corrected chi connectivity index (χ2v) is 8.31. The van der Waals surface area contributed by atoms with Crippen LogP contribution in [-0.4, -0.2) is 27.7 Å². The number of hydrogen-bond donors (Lipinski definition) is 2. The van der Waals surface area contributed by atoms with E-state index in [9.17, 15) is 9.59 Å². The summed E-state index contributed by atoms with van der Waals surface area (Å²) in [6, 6.07) is 6.53. The highest BCUT2D eigenvalue weighted by Crippen LogP contribution is 2.30. The van der Waals surface area contributed by atoms with Crippen molar-refractivity contribution in [3.63, 3.8) is 0 Å². The molecule has 6 nitrogen and oxygen atoms in total. The van der Waals surface area contributed by atoms with Gasteiger partial charge < -0.3 is 10.6 Å². The number of rotatable bonds is 6. The number of carbonyl (C=O) groups is 2. The van der Waals surface area contributed by atoms with Gasteiger partial charge in [-0.05, 0) is 31.0 Å². The number of nitrogens with zero attached hydrogens (tertiary/aromatic N) is 2. The monoisotopic (exact) mass is 386 g/mol. The van der Waals surface area contributed by atoms with E-state index in [0.717, 1.165) is 18.8 Å². The van der Waals surface area contributed by atoms with Crippen molar-refractivity contribution in [1.82, 2.24) is 9.88 Å². The smallest absolute Gasteiger partial charge is 0.230 e. The summed E-state index contributed by atoms with van der Waals surface area (Å²) in [6.07, 6.45) is 0.186. The summed E-state index contributed by atoms with van der Waals surface area (Å²) in [7, 11) is 0. The third-order valence-electron chi connectivity index (χ3n) is 4.66. The lowest BCUT2D eigenvalue weighted by Crippen LogP contribution is -2.24. The predicted molar refractivity (Wildman–Crippen MR) is 109 cm³/mol. The van der Waals surface area contributed by atoms with Gasteiger partial charge >= 0.3 is 0 Å². The van der Waals surface area contributed by atoms with E-state index in [1.54, 1.807) is 0 Å². The lowest BCUT2D eigenvalue weighted by molar-refractivity contribution is -0.119. The number of anilines is 2. The molecule has 144 valence electrons. The summed E-state index contributed by atoms with van der Waals surface area (Å²) in [6.45, 7) is 9.79. The summed E-state index contributed by atoms with van der Waals surface area (Å²) in [5.74, 6) is -0.278. The zero-order valence-corrected chi connectivity index (χ0v) is 17.0. The van der Waals surface area contributed by atoms with Crippen LogP contribution >= 0.6 is 11.3 Å². The molecule has 7 heteroatoms. The summed E-state index contributed by atoms with van der Waals surface area (Å²) in [4.78, 5) is 30.9. The molecule has 0 unspecified atom stereocenters. The Morgan fingerprint density at radius 1 is 1.19 bits per heavy atom. The van der Waals surface area contributed by atoms with Crippen molar-refractivity contribution in [2.75, 3.05) is 10.6 Å². The van der Waals surface area contributed by atoms with Crippen LogP contribution in [0.2, 0.25) is 0 Å². The normalized spacial score (nSPS) is 13.9. The highest BCUT2D eigenvalue weighted by atomic mass is 32.1. The largest absolute Gasteiger partial charge is 0.325 e. The van der Waals surface area contributed by atoms with Gasteiger partial charge in [-0.1, -0.05) is 26.0 Å². The van der Waals surface area contributed by atoms with Crippen molar-refractivity contribution in [3.05, 3.63) is 40.4 Å². The van der Waals surface area contributed by atoms with Gasteiger partial charge in [0.05, 0.1) is 12.1 Å². The molecule has 3 rings (SSSR count). The van der Waals surface area contributed by atoms with Crippen LogP contribution in [0.25, 0.3) is 0 Å². The number of carbonyl (C=O) groups excluding carboxylic acids is 2. The Balaban J connectivity index is 1.62. The quantitative estimate of drug-likeness (QED) is 0.795. The SMILES string of the molecule is CC(C)C(=O)Nc1nc(CC(=O)Nc2cccc3c2CN(C(C)C)C3)cs1. The maximum atomic E-state index is 12.5. The third kappa shape index (κ3) is 4.73. The van der Waals surface area contributed by atoms with Crippen molar-refractivity contribution >= 4 is 34.0 Å². The molecule has 0 spiro atoms. The molecule has 27 heavy (non-hydrogen) atoms.